The van der Waals surface area contributed by atoms with Crippen LogP contribution >= 0.6 is 0 Å². The SMILES string of the molecule is COc1cc(CN2CCC[C@](COc3ccc(C)cc3)(OC)CC2)ccc1OCCn1ccnc1. The van der Waals surface area contributed by atoms with Gasteiger partial charge in [0.05, 0.1) is 20.0 Å². The molecule has 35 heavy (non-hydrogen) atoms. The van der Waals surface area contributed by atoms with Crippen LogP contribution in [0.4, 0.5) is 0 Å². The number of nitrogens with zero attached hydrogens (tertiary/aromatic N) is 3. The van der Waals surface area contributed by atoms with E-state index in [1.54, 1.807) is 19.6 Å². The Balaban J connectivity index is 1.31. The molecule has 0 aliphatic carbocycles. The van der Waals surface area contributed by atoms with Gasteiger partial charge in [-0.2, -0.15) is 0 Å². The van der Waals surface area contributed by atoms with Crippen molar-refractivity contribution in [3.63, 3.8) is 0 Å². The lowest BCUT2D eigenvalue weighted by atomic mass is 9.95. The summed E-state index contributed by atoms with van der Waals surface area (Å²) in [6.07, 6.45) is 8.47. The standard InChI is InChI=1S/C28H37N3O4/c1-23-5-8-25(9-6-23)35-21-28(33-3)11-4-14-30(15-12-28)20-24-7-10-26(27(19-24)32-2)34-18-17-31-16-13-29-22-31/h5-10,13,16,19,22H,4,11-12,14-15,17-18,20-21H2,1-3H3/t28-/m0/s1. The van der Waals surface area contributed by atoms with E-state index in [2.05, 4.69) is 41.1 Å². The van der Waals surface area contributed by atoms with E-state index in [0.717, 1.165) is 62.7 Å². The normalized spacial score (nSPS) is 18.7. The molecule has 0 unspecified atom stereocenters. The van der Waals surface area contributed by atoms with Crippen LogP contribution in [0.1, 0.15) is 30.4 Å². The van der Waals surface area contributed by atoms with Gasteiger partial charge >= 0.3 is 0 Å². The lowest BCUT2D eigenvalue weighted by Gasteiger charge is -2.31. The molecule has 0 saturated carbocycles. The Kier molecular flexibility index (Phi) is 8.66. The highest BCUT2D eigenvalue weighted by Crippen LogP contribution is 2.31. The second-order valence-electron chi connectivity index (χ2n) is 9.25. The summed E-state index contributed by atoms with van der Waals surface area (Å²) in [7, 11) is 3.50. The molecule has 0 N–H and O–H groups in total. The Labute approximate surface area is 208 Å². The number of rotatable bonds is 11. The van der Waals surface area contributed by atoms with Crippen LogP contribution in [0.25, 0.3) is 0 Å². The number of benzene rings is 2. The number of hydrogen-bond donors (Lipinski definition) is 0. The second kappa shape index (κ2) is 12.1. The Morgan fingerprint density at radius 3 is 2.57 bits per heavy atom. The Bertz CT molecular complexity index is 1040. The molecule has 0 radical (unpaired) electrons. The molecule has 7 heteroatoms. The third-order valence-corrected chi connectivity index (χ3v) is 6.75. The number of aromatic nitrogens is 2. The maximum absolute atomic E-state index is 6.12. The van der Waals surface area contributed by atoms with Gasteiger partial charge in [-0.3, -0.25) is 4.90 Å². The number of likely N-dealkylation sites (tertiary alicyclic amines) is 1. The monoisotopic (exact) mass is 479 g/mol. The molecule has 0 bridgehead atoms. The summed E-state index contributed by atoms with van der Waals surface area (Å²) in [6.45, 7) is 6.80. The fraction of sp³-hybridized carbons (Fsp3) is 0.464. The summed E-state index contributed by atoms with van der Waals surface area (Å²) in [4.78, 5) is 6.55. The zero-order valence-corrected chi connectivity index (χ0v) is 21.1. The van der Waals surface area contributed by atoms with Crippen LogP contribution in [-0.2, 0) is 17.8 Å². The largest absolute Gasteiger partial charge is 0.493 e. The summed E-state index contributed by atoms with van der Waals surface area (Å²) in [5, 5.41) is 0. The Morgan fingerprint density at radius 1 is 0.971 bits per heavy atom. The van der Waals surface area contributed by atoms with Crippen LogP contribution in [0.2, 0.25) is 0 Å². The molecule has 188 valence electrons. The summed E-state index contributed by atoms with van der Waals surface area (Å²) in [6, 6.07) is 14.4. The number of hydrogen-bond acceptors (Lipinski definition) is 6. The molecule has 7 nitrogen and oxygen atoms in total. The number of aryl methyl sites for hydroxylation is 1. The van der Waals surface area contributed by atoms with E-state index in [4.69, 9.17) is 18.9 Å². The summed E-state index contributed by atoms with van der Waals surface area (Å²) >= 11 is 0. The highest BCUT2D eigenvalue weighted by atomic mass is 16.5. The van der Waals surface area contributed by atoms with Crippen molar-refractivity contribution in [3.05, 3.63) is 72.3 Å². The number of imidazole rings is 1. The van der Waals surface area contributed by atoms with Gasteiger partial charge in [0.1, 0.15) is 24.6 Å². The van der Waals surface area contributed by atoms with Crippen LogP contribution in [0.3, 0.4) is 0 Å². The summed E-state index contributed by atoms with van der Waals surface area (Å²) in [5.41, 5.74) is 2.18. The van der Waals surface area contributed by atoms with Crippen molar-refractivity contribution >= 4 is 0 Å². The number of methoxy groups -OCH3 is 2. The van der Waals surface area contributed by atoms with E-state index in [9.17, 15) is 0 Å². The Morgan fingerprint density at radius 2 is 1.83 bits per heavy atom. The van der Waals surface area contributed by atoms with Crippen molar-refractivity contribution < 1.29 is 18.9 Å². The summed E-state index contributed by atoms with van der Waals surface area (Å²) in [5.74, 6) is 2.42. The topological polar surface area (TPSA) is 58.0 Å². The van der Waals surface area contributed by atoms with Gasteiger partial charge in [0, 0.05) is 32.6 Å². The third kappa shape index (κ3) is 6.99. The minimum Gasteiger partial charge on any atom is -0.493 e. The van der Waals surface area contributed by atoms with Gasteiger partial charge in [0.15, 0.2) is 11.5 Å². The molecule has 1 fully saturated rings. The highest BCUT2D eigenvalue weighted by Gasteiger charge is 2.33. The minimum absolute atomic E-state index is 0.260. The first-order chi connectivity index (χ1) is 17.1. The molecular weight excluding hydrogens is 442 g/mol. The van der Waals surface area contributed by atoms with E-state index in [0.29, 0.717) is 13.2 Å². The smallest absolute Gasteiger partial charge is 0.161 e. The zero-order valence-electron chi connectivity index (χ0n) is 21.1. The first-order valence-electron chi connectivity index (χ1n) is 12.3. The molecule has 3 aromatic rings. The fourth-order valence-electron chi connectivity index (χ4n) is 4.51. The lowest BCUT2D eigenvalue weighted by Crippen LogP contribution is -2.39. The predicted molar refractivity (Wildman–Crippen MR) is 136 cm³/mol. The van der Waals surface area contributed by atoms with Gasteiger partial charge in [-0.1, -0.05) is 23.8 Å². The molecule has 2 heterocycles. The van der Waals surface area contributed by atoms with Gasteiger partial charge in [-0.15, -0.1) is 0 Å². The third-order valence-electron chi connectivity index (χ3n) is 6.75. The Hall–Kier alpha value is -3.03. The van der Waals surface area contributed by atoms with E-state index in [1.807, 2.05) is 36.1 Å². The molecule has 0 spiro atoms. The van der Waals surface area contributed by atoms with Crippen molar-refractivity contribution in [2.45, 2.75) is 44.9 Å². The minimum atomic E-state index is -0.260. The maximum atomic E-state index is 6.12. The average molecular weight is 480 g/mol. The molecule has 1 aliphatic heterocycles. The quantitative estimate of drug-likeness (QED) is 0.396. The van der Waals surface area contributed by atoms with Crippen molar-refractivity contribution in [1.29, 1.82) is 0 Å². The van der Waals surface area contributed by atoms with Crippen LogP contribution in [0.15, 0.2) is 61.2 Å². The zero-order chi connectivity index (χ0) is 24.5. The second-order valence-corrected chi connectivity index (χ2v) is 9.25. The van der Waals surface area contributed by atoms with Crippen LogP contribution in [0.5, 0.6) is 17.2 Å². The van der Waals surface area contributed by atoms with Crippen LogP contribution in [0, 0.1) is 6.92 Å². The lowest BCUT2D eigenvalue weighted by molar-refractivity contribution is -0.0541. The molecule has 1 aliphatic rings. The first kappa shape index (κ1) is 25.1. The maximum Gasteiger partial charge on any atom is 0.161 e. The van der Waals surface area contributed by atoms with Crippen LogP contribution in [-0.4, -0.2) is 60.6 Å². The van der Waals surface area contributed by atoms with E-state index < -0.39 is 0 Å². The fourth-order valence-corrected chi connectivity index (χ4v) is 4.51. The van der Waals surface area contributed by atoms with Gasteiger partial charge in [0.25, 0.3) is 0 Å². The van der Waals surface area contributed by atoms with Crippen molar-refractivity contribution in [1.82, 2.24) is 14.5 Å². The molecule has 1 saturated heterocycles. The molecule has 0 amide bonds. The molecule has 2 aromatic carbocycles. The highest BCUT2D eigenvalue weighted by molar-refractivity contribution is 5.43. The first-order valence-corrected chi connectivity index (χ1v) is 12.3. The number of ether oxygens (including phenoxy) is 4. The van der Waals surface area contributed by atoms with Gasteiger partial charge in [-0.05, 0) is 62.6 Å². The average Bonchev–Trinajstić information content (AvgIpc) is 3.32. The molecule has 1 atom stereocenters. The molecule has 1 aromatic heterocycles. The molecule has 4 rings (SSSR count). The van der Waals surface area contributed by atoms with Crippen molar-refractivity contribution in [2.24, 2.45) is 0 Å². The van der Waals surface area contributed by atoms with Gasteiger partial charge in [-0.25, -0.2) is 4.98 Å². The van der Waals surface area contributed by atoms with E-state index in [-0.39, 0.29) is 5.60 Å². The van der Waals surface area contributed by atoms with Crippen molar-refractivity contribution in [2.75, 3.05) is 40.5 Å². The van der Waals surface area contributed by atoms with Gasteiger partial charge < -0.3 is 23.5 Å². The predicted octanol–water partition coefficient (Wildman–Crippen LogP) is 4.73. The van der Waals surface area contributed by atoms with E-state index in [1.165, 1.54) is 11.1 Å². The van der Waals surface area contributed by atoms with Gasteiger partial charge in [0.2, 0.25) is 0 Å². The molecular formula is C28H37N3O4. The van der Waals surface area contributed by atoms with Crippen LogP contribution < -0.4 is 14.2 Å². The van der Waals surface area contributed by atoms with Crippen molar-refractivity contribution in [3.8, 4) is 17.2 Å². The van der Waals surface area contributed by atoms with E-state index >= 15 is 0 Å². The summed E-state index contributed by atoms with van der Waals surface area (Å²) < 4.78 is 25.7.